The molecule has 1 aromatic carbocycles. The number of ether oxygens (including phenoxy) is 1. The smallest absolute Gasteiger partial charge is 0.227 e. The molecule has 0 aliphatic heterocycles. The van der Waals surface area contributed by atoms with E-state index in [0.29, 0.717) is 25.7 Å². The van der Waals surface area contributed by atoms with Crippen LogP contribution in [0.25, 0.3) is 0 Å². The largest absolute Gasteiger partial charge is 0.494 e. The number of nitrogens with zero attached hydrogens (tertiary/aromatic N) is 4. The van der Waals surface area contributed by atoms with Crippen LogP contribution in [0.5, 0.6) is 5.75 Å². The van der Waals surface area contributed by atoms with Gasteiger partial charge in [-0.1, -0.05) is 19.1 Å². The molecular formula is C18H24N4O2. The van der Waals surface area contributed by atoms with Crippen molar-refractivity contribution in [1.29, 1.82) is 0 Å². The van der Waals surface area contributed by atoms with Gasteiger partial charge >= 0.3 is 0 Å². The van der Waals surface area contributed by atoms with Crippen LogP contribution in [0.15, 0.2) is 36.9 Å². The number of carbonyl (C=O) groups is 1. The van der Waals surface area contributed by atoms with Crippen molar-refractivity contribution in [2.45, 2.75) is 45.8 Å². The fourth-order valence-corrected chi connectivity index (χ4v) is 2.84. The molecule has 0 bridgehead atoms. The van der Waals surface area contributed by atoms with Crippen LogP contribution in [0.4, 0.5) is 0 Å². The highest BCUT2D eigenvalue weighted by Crippen LogP contribution is 2.30. The Morgan fingerprint density at radius 3 is 2.96 bits per heavy atom. The zero-order valence-electron chi connectivity index (χ0n) is 14.3. The molecule has 128 valence electrons. The van der Waals surface area contributed by atoms with E-state index in [9.17, 15) is 4.79 Å². The average Bonchev–Trinajstić information content (AvgIpc) is 3.30. The predicted octanol–water partition coefficient (Wildman–Crippen LogP) is 2.50. The summed E-state index contributed by atoms with van der Waals surface area (Å²) in [6.07, 6.45) is 5.33. The summed E-state index contributed by atoms with van der Waals surface area (Å²) >= 11 is 0. The second kappa shape index (κ2) is 7.47. The first kappa shape index (κ1) is 16.5. The van der Waals surface area contributed by atoms with E-state index in [0.717, 1.165) is 24.2 Å². The lowest BCUT2D eigenvalue weighted by Gasteiger charge is -2.26. The first-order valence-corrected chi connectivity index (χ1v) is 8.52. The Hall–Kier alpha value is -2.37. The third-order valence-corrected chi connectivity index (χ3v) is 4.18. The molecule has 3 rings (SSSR count). The molecule has 2 aromatic rings. The zero-order chi connectivity index (χ0) is 16.9. The molecule has 0 saturated heterocycles. The standard InChI is InChI=1S/C18H24N4O2/c1-3-24-17-6-4-5-15(9-17)11-22(16-7-8-16)18(23)14(2)10-21-13-19-12-20-21/h4-6,9,12-14,16H,3,7-8,10-11H2,1-2H3. The summed E-state index contributed by atoms with van der Waals surface area (Å²) in [5, 5.41) is 4.09. The van der Waals surface area contributed by atoms with E-state index in [2.05, 4.69) is 10.1 Å². The fourth-order valence-electron chi connectivity index (χ4n) is 2.84. The van der Waals surface area contributed by atoms with Crippen molar-refractivity contribution < 1.29 is 9.53 Å². The van der Waals surface area contributed by atoms with Gasteiger partial charge in [-0.2, -0.15) is 5.10 Å². The van der Waals surface area contributed by atoms with Gasteiger partial charge in [0.2, 0.25) is 5.91 Å². The molecule has 1 aliphatic rings. The number of benzene rings is 1. The second-order valence-corrected chi connectivity index (χ2v) is 6.30. The summed E-state index contributed by atoms with van der Waals surface area (Å²) in [5.41, 5.74) is 1.11. The molecule has 1 atom stereocenters. The maximum atomic E-state index is 12.9. The molecule has 6 heteroatoms. The van der Waals surface area contributed by atoms with E-state index in [4.69, 9.17) is 4.74 Å². The Kier molecular flexibility index (Phi) is 5.13. The van der Waals surface area contributed by atoms with E-state index in [-0.39, 0.29) is 11.8 Å². The molecule has 1 aromatic heterocycles. The van der Waals surface area contributed by atoms with Gasteiger partial charge in [-0.3, -0.25) is 9.48 Å². The van der Waals surface area contributed by atoms with Gasteiger partial charge in [-0.05, 0) is 37.5 Å². The molecule has 0 N–H and O–H groups in total. The molecule has 1 amide bonds. The molecule has 24 heavy (non-hydrogen) atoms. The molecule has 0 radical (unpaired) electrons. The number of rotatable bonds is 8. The highest BCUT2D eigenvalue weighted by molar-refractivity contribution is 5.79. The van der Waals surface area contributed by atoms with Crippen LogP contribution in [0.3, 0.4) is 0 Å². The number of carbonyl (C=O) groups excluding carboxylic acids is 1. The number of aromatic nitrogens is 3. The summed E-state index contributed by atoms with van der Waals surface area (Å²) in [6, 6.07) is 8.37. The van der Waals surface area contributed by atoms with Crippen LogP contribution in [-0.4, -0.2) is 38.2 Å². The number of amides is 1. The van der Waals surface area contributed by atoms with Gasteiger partial charge in [0.05, 0.1) is 19.1 Å². The van der Waals surface area contributed by atoms with Crippen molar-refractivity contribution in [2.75, 3.05) is 6.61 Å². The van der Waals surface area contributed by atoms with Crippen molar-refractivity contribution in [1.82, 2.24) is 19.7 Å². The van der Waals surface area contributed by atoms with Crippen LogP contribution < -0.4 is 4.74 Å². The van der Waals surface area contributed by atoms with E-state index >= 15 is 0 Å². The SMILES string of the molecule is CCOc1cccc(CN(C(=O)C(C)Cn2cncn2)C2CC2)c1. The van der Waals surface area contributed by atoms with Crippen molar-refractivity contribution >= 4 is 5.91 Å². The van der Waals surface area contributed by atoms with E-state index in [1.54, 1.807) is 11.0 Å². The second-order valence-electron chi connectivity index (χ2n) is 6.30. The number of hydrogen-bond acceptors (Lipinski definition) is 4. The molecule has 6 nitrogen and oxygen atoms in total. The Labute approximate surface area is 142 Å². The molecule has 1 aliphatic carbocycles. The lowest BCUT2D eigenvalue weighted by Crippen LogP contribution is -2.38. The Morgan fingerprint density at radius 1 is 1.46 bits per heavy atom. The van der Waals surface area contributed by atoms with Crippen molar-refractivity contribution in [3.8, 4) is 5.75 Å². The number of hydrogen-bond donors (Lipinski definition) is 0. The van der Waals surface area contributed by atoms with E-state index in [1.807, 2.05) is 43.0 Å². The zero-order valence-corrected chi connectivity index (χ0v) is 14.3. The molecule has 1 saturated carbocycles. The maximum Gasteiger partial charge on any atom is 0.227 e. The molecule has 0 spiro atoms. The molecular weight excluding hydrogens is 304 g/mol. The fraction of sp³-hybridized carbons (Fsp3) is 0.500. The predicted molar refractivity (Wildman–Crippen MR) is 90.4 cm³/mol. The minimum atomic E-state index is -0.123. The normalized spacial score (nSPS) is 15.1. The maximum absolute atomic E-state index is 12.9. The van der Waals surface area contributed by atoms with Gasteiger partial charge in [0, 0.05) is 12.6 Å². The van der Waals surface area contributed by atoms with Gasteiger partial charge in [0.1, 0.15) is 18.4 Å². The van der Waals surface area contributed by atoms with E-state index < -0.39 is 0 Å². The first-order chi connectivity index (χ1) is 11.7. The molecule has 1 heterocycles. The Balaban J connectivity index is 1.68. The van der Waals surface area contributed by atoms with Crippen LogP contribution in [0.1, 0.15) is 32.3 Å². The minimum absolute atomic E-state index is 0.123. The van der Waals surface area contributed by atoms with Crippen molar-refractivity contribution in [2.24, 2.45) is 5.92 Å². The molecule has 1 fully saturated rings. The summed E-state index contributed by atoms with van der Waals surface area (Å²) in [6.45, 7) is 5.76. The van der Waals surface area contributed by atoms with Gasteiger partial charge < -0.3 is 9.64 Å². The Bertz CT molecular complexity index is 667. The van der Waals surface area contributed by atoms with E-state index in [1.165, 1.54) is 6.33 Å². The van der Waals surface area contributed by atoms with Crippen molar-refractivity contribution in [3.63, 3.8) is 0 Å². The summed E-state index contributed by atoms with van der Waals surface area (Å²) in [5.74, 6) is 0.908. The van der Waals surface area contributed by atoms with Gasteiger partial charge in [0.15, 0.2) is 0 Å². The highest BCUT2D eigenvalue weighted by Gasteiger charge is 2.34. The quantitative estimate of drug-likeness (QED) is 0.747. The lowest BCUT2D eigenvalue weighted by atomic mass is 10.1. The van der Waals surface area contributed by atoms with Crippen LogP contribution in [-0.2, 0) is 17.9 Å². The lowest BCUT2D eigenvalue weighted by molar-refractivity contribution is -0.136. The van der Waals surface area contributed by atoms with Crippen LogP contribution in [0, 0.1) is 5.92 Å². The van der Waals surface area contributed by atoms with Gasteiger partial charge in [-0.15, -0.1) is 0 Å². The highest BCUT2D eigenvalue weighted by atomic mass is 16.5. The van der Waals surface area contributed by atoms with Gasteiger partial charge in [0.25, 0.3) is 0 Å². The van der Waals surface area contributed by atoms with Crippen LogP contribution >= 0.6 is 0 Å². The van der Waals surface area contributed by atoms with Gasteiger partial charge in [-0.25, -0.2) is 4.98 Å². The summed E-state index contributed by atoms with van der Waals surface area (Å²) in [4.78, 5) is 18.8. The molecule has 1 unspecified atom stereocenters. The third kappa shape index (κ3) is 4.13. The summed E-state index contributed by atoms with van der Waals surface area (Å²) < 4.78 is 7.27. The third-order valence-electron chi connectivity index (χ3n) is 4.18. The first-order valence-electron chi connectivity index (χ1n) is 8.52. The minimum Gasteiger partial charge on any atom is -0.494 e. The monoisotopic (exact) mass is 328 g/mol. The average molecular weight is 328 g/mol. The summed E-state index contributed by atoms with van der Waals surface area (Å²) in [7, 11) is 0. The van der Waals surface area contributed by atoms with Crippen molar-refractivity contribution in [3.05, 3.63) is 42.5 Å². The Morgan fingerprint density at radius 2 is 2.29 bits per heavy atom. The topological polar surface area (TPSA) is 60.2 Å². The van der Waals surface area contributed by atoms with Crippen LogP contribution in [0.2, 0.25) is 0 Å².